The maximum absolute atomic E-state index is 11.6. The second-order valence-electron chi connectivity index (χ2n) is 3.51. The average molecular weight is 207 g/mol. The van der Waals surface area contributed by atoms with Gasteiger partial charge in [-0.2, -0.15) is 0 Å². The standard InChI is InChI=1S/C11H17N3O/c1-3-4-5-11(15)14(2)10-7-6-9(12)8-13-10/h6-8H,3-5,12H2,1-2H3. The maximum Gasteiger partial charge on any atom is 0.227 e. The highest BCUT2D eigenvalue weighted by Crippen LogP contribution is 2.12. The molecule has 0 unspecified atom stereocenters. The van der Waals surface area contributed by atoms with E-state index in [1.807, 2.05) is 0 Å². The van der Waals surface area contributed by atoms with Gasteiger partial charge in [-0.25, -0.2) is 4.98 Å². The molecular weight excluding hydrogens is 190 g/mol. The molecule has 2 N–H and O–H groups in total. The molecule has 1 heterocycles. The zero-order valence-corrected chi connectivity index (χ0v) is 9.23. The molecule has 4 nitrogen and oxygen atoms in total. The van der Waals surface area contributed by atoms with Gasteiger partial charge in [-0.05, 0) is 18.6 Å². The van der Waals surface area contributed by atoms with Crippen molar-refractivity contribution in [1.82, 2.24) is 4.98 Å². The first-order valence-corrected chi connectivity index (χ1v) is 5.13. The van der Waals surface area contributed by atoms with E-state index in [0.29, 0.717) is 17.9 Å². The number of rotatable bonds is 4. The Labute approximate surface area is 90.1 Å². The smallest absolute Gasteiger partial charge is 0.227 e. The van der Waals surface area contributed by atoms with E-state index >= 15 is 0 Å². The van der Waals surface area contributed by atoms with Crippen LogP contribution in [0.4, 0.5) is 11.5 Å². The van der Waals surface area contributed by atoms with Crippen LogP contribution in [0.15, 0.2) is 18.3 Å². The van der Waals surface area contributed by atoms with Crippen LogP contribution in [-0.4, -0.2) is 17.9 Å². The predicted octanol–water partition coefficient (Wildman–Crippen LogP) is 1.82. The number of anilines is 2. The third-order valence-electron chi connectivity index (χ3n) is 2.23. The summed E-state index contributed by atoms with van der Waals surface area (Å²) in [4.78, 5) is 17.3. The lowest BCUT2D eigenvalue weighted by atomic mass is 10.2. The molecule has 0 aliphatic heterocycles. The van der Waals surface area contributed by atoms with Gasteiger partial charge in [-0.3, -0.25) is 9.69 Å². The van der Waals surface area contributed by atoms with Crippen molar-refractivity contribution >= 4 is 17.4 Å². The number of unbranched alkanes of at least 4 members (excludes halogenated alkanes) is 1. The number of amides is 1. The Balaban J connectivity index is 2.63. The number of carbonyl (C=O) groups excluding carboxylic acids is 1. The summed E-state index contributed by atoms with van der Waals surface area (Å²) in [5.74, 6) is 0.736. The van der Waals surface area contributed by atoms with Gasteiger partial charge in [-0.15, -0.1) is 0 Å². The molecule has 0 bridgehead atoms. The molecule has 0 saturated carbocycles. The largest absolute Gasteiger partial charge is 0.397 e. The summed E-state index contributed by atoms with van der Waals surface area (Å²) >= 11 is 0. The van der Waals surface area contributed by atoms with Crippen LogP contribution in [0.5, 0.6) is 0 Å². The average Bonchev–Trinajstić information content (AvgIpc) is 2.26. The number of pyridine rings is 1. The monoisotopic (exact) mass is 207 g/mol. The third kappa shape index (κ3) is 3.23. The number of nitrogen functional groups attached to an aromatic ring is 1. The summed E-state index contributed by atoms with van der Waals surface area (Å²) in [5.41, 5.74) is 6.12. The Hall–Kier alpha value is -1.58. The fourth-order valence-corrected chi connectivity index (χ4v) is 1.22. The summed E-state index contributed by atoms with van der Waals surface area (Å²) in [6.07, 6.45) is 4.06. The minimum atomic E-state index is 0.0918. The number of hydrogen-bond donors (Lipinski definition) is 1. The normalized spacial score (nSPS) is 10.0. The van der Waals surface area contributed by atoms with Gasteiger partial charge in [0, 0.05) is 13.5 Å². The van der Waals surface area contributed by atoms with Crippen molar-refractivity contribution in [2.75, 3.05) is 17.7 Å². The minimum absolute atomic E-state index is 0.0918. The second kappa shape index (κ2) is 5.34. The molecule has 0 aliphatic carbocycles. The topological polar surface area (TPSA) is 59.2 Å². The molecule has 1 aromatic rings. The van der Waals surface area contributed by atoms with Gasteiger partial charge < -0.3 is 5.73 Å². The van der Waals surface area contributed by atoms with E-state index in [1.165, 1.54) is 0 Å². The molecule has 0 fully saturated rings. The Morgan fingerprint density at radius 3 is 2.80 bits per heavy atom. The summed E-state index contributed by atoms with van der Waals surface area (Å²) in [6, 6.07) is 3.49. The number of nitrogens with two attached hydrogens (primary N) is 1. The van der Waals surface area contributed by atoms with E-state index in [1.54, 1.807) is 30.3 Å². The van der Waals surface area contributed by atoms with Gasteiger partial charge in [0.1, 0.15) is 5.82 Å². The van der Waals surface area contributed by atoms with Gasteiger partial charge in [-0.1, -0.05) is 13.3 Å². The van der Waals surface area contributed by atoms with Gasteiger partial charge >= 0.3 is 0 Å². The van der Waals surface area contributed by atoms with E-state index in [-0.39, 0.29) is 5.91 Å². The van der Waals surface area contributed by atoms with Gasteiger partial charge in [0.15, 0.2) is 0 Å². The number of carbonyl (C=O) groups is 1. The van der Waals surface area contributed by atoms with Gasteiger partial charge in [0.05, 0.1) is 11.9 Å². The van der Waals surface area contributed by atoms with E-state index < -0.39 is 0 Å². The van der Waals surface area contributed by atoms with Crippen molar-refractivity contribution < 1.29 is 4.79 Å². The Morgan fingerprint density at radius 2 is 2.27 bits per heavy atom. The Morgan fingerprint density at radius 1 is 1.53 bits per heavy atom. The van der Waals surface area contributed by atoms with Crippen LogP contribution in [-0.2, 0) is 4.79 Å². The quantitative estimate of drug-likeness (QED) is 0.819. The van der Waals surface area contributed by atoms with Crippen molar-refractivity contribution in [2.45, 2.75) is 26.2 Å². The number of nitrogens with zero attached hydrogens (tertiary/aromatic N) is 2. The molecule has 1 amide bonds. The summed E-state index contributed by atoms with van der Waals surface area (Å²) < 4.78 is 0. The fourth-order valence-electron chi connectivity index (χ4n) is 1.22. The molecule has 1 rings (SSSR count). The lowest BCUT2D eigenvalue weighted by molar-refractivity contribution is -0.118. The van der Waals surface area contributed by atoms with E-state index in [4.69, 9.17) is 5.73 Å². The van der Waals surface area contributed by atoms with Crippen molar-refractivity contribution in [3.63, 3.8) is 0 Å². The molecule has 0 saturated heterocycles. The van der Waals surface area contributed by atoms with Crippen LogP contribution in [0.1, 0.15) is 26.2 Å². The molecule has 0 atom stereocenters. The van der Waals surface area contributed by atoms with Crippen molar-refractivity contribution in [3.8, 4) is 0 Å². The van der Waals surface area contributed by atoms with Crippen LogP contribution >= 0.6 is 0 Å². The van der Waals surface area contributed by atoms with Gasteiger partial charge in [0.2, 0.25) is 5.91 Å². The van der Waals surface area contributed by atoms with Crippen molar-refractivity contribution in [2.24, 2.45) is 0 Å². The zero-order valence-electron chi connectivity index (χ0n) is 9.23. The highest BCUT2D eigenvalue weighted by Gasteiger charge is 2.10. The molecule has 1 aromatic heterocycles. The van der Waals surface area contributed by atoms with E-state index in [2.05, 4.69) is 11.9 Å². The molecule has 82 valence electrons. The van der Waals surface area contributed by atoms with Crippen LogP contribution in [0.3, 0.4) is 0 Å². The van der Waals surface area contributed by atoms with Crippen LogP contribution < -0.4 is 10.6 Å². The molecular formula is C11H17N3O. The Bertz CT molecular complexity index is 321. The van der Waals surface area contributed by atoms with Crippen LogP contribution in [0.2, 0.25) is 0 Å². The molecule has 0 radical (unpaired) electrons. The molecule has 0 aromatic carbocycles. The maximum atomic E-state index is 11.6. The van der Waals surface area contributed by atoms with E-state index in [0.717, 1.165) is 12.8 Å². The highest BCUT2D eigenvalue weighted by molar-refractivity contribution is 5.91. The van der Waals surface area contributed by atoms with Crippen molar-refractivity contribution in [3.05, 3.63) is 18.3 Å². The summed E-state index contributed by atoms with van der Waals surface area (Å²) in [5, 5.41) is 0. The van der Waals surface area contributed by atoms with Gasteiger partial charge in [0.25, 0.3) is 0 Å². The SMILES string of the molecule is CCCCC(=O)N(C)c1ccc(N)cn1. The minimum Gasteiger partial charge on any atom is -0.397 e. The molecule has 15 heavy (non-hydrogen) atoms. The third-order valence-corrected chi connectivity index (χ3v) is 2.23. The first-order chi connectivity index (χ1) is 7.15. The highest BCUT2D eigenvalue weighted by atomic mass is 16.2. The lowest BCUT2D eigenvalue weighted by Crippen LogP contribution is -2.26. The first-order valence-electron chi connectivity index (χ1n) is 5.13. The number of hydrogen-bond acceptors (Lipinski definition) is 3. The van der Waals surface area contributed by atoms with Crippen molar-refractivity contribution in [1.29, 1.82) is 0 Å². The summed E-state index contributed by atoms with van der Waals surface area (Å²) in [6.45, 7) is 2.06. The van der Waals surface area contributed by atoms with Crippen LogP contribution in [0.25, 0.3) is 0 Å². The zero-order chi connectivity index (χ0) is 11.3. The molecule has 4 heteroatoms. The fraction of sp³-hybridized carbons (Fsp3) is 0.455. The van der Waals surface area contributed by atoms with Crippen LogP contribution in [0, 0.1) is 0 Å². The second-order valence-corrected chi connectivity index (χ2v) is 3.51. The molecule has 0 aliphatic rings. The predicted molar refractivity (Wildman–Crippen MR) is 61.6 cm³/mol. The first kappa shape index (κ1) is 11.5. The summed E-state index contributed by atoms with van der Waals surface area (Å²) in [7, 11) is 1.73. The van der Waals surface area contributed by atoms with E-state index in [9.17, 15) is 4.79 Å². The number of aromatic nitrogens is 1. The molecule has 0 spiro atoms. The lowest BCUT2D eigenvalue weighted by Gasteiger charge is -2.15. The Kier molecular flexibility index (Phi) is 4.09.